The normalized spacial score (nSPS) is 12.1. The molecule has 0 fully saturated rings. The molecule has 0 bridgehead atoms. The van der Waals surface area contributed by atoms with Gasteiger partial charge in [0.1, 0.15) is 0 Å². The number of hydrogen-bond acceptors (Lipinski definition) is 3. The Hall–Kier alpha value is -1.27. The molecule has 0 unspecified atom stereocenters. The Bertz CT molecular complexity index is 382. The molecule has 2 N–H and O–H groups in total. The molecule has 0 saturated carbocycles. The SMILES string of the molecule is CCCN(CCOC(F)(F)F)Cc1cccc(N)c1. The molecule has 0 radical (unpaired) electrons. The fourth-order valence-electron chi connectivity index (χ4n) is 1.83. The van der Waals surface area contributed by atoms with Gasteiger partial charge in [0.15, 0.2) is 0 Å². The summed E-state index contributed by atoms with van der Waals surface area (Å²) in [6.07, 6.45) is -3.69. The van der Waals surface area contributed by atoms with E-state index >= 15 is 0 Å². The van der Waals surface area contributed by atoms with E-state index < -0.39 is 6.36 Å². The molecule has 0 aliphatic rings. The predicted molar refractivity (Wildman–Crippen MR) is 68.4 cm³/mol. The zero-order valence-electron chi connectivity index (χ0n) is 10.9. The van der Waals surface area contributed by atoms with E-state index in [2.05, 4.69) is 4.74 Å². The molecular weight excluding hydrogens is 257 g/mol. The van der Waals surface area contributed by atoms with Crippen LogP contribution in [0.2, 0.25) is 0 Å². The molecule has 6 heteroatoms. The van der Waals surface area contributed by atoms with Gasteiger partial charge in [0, 0.05) is 18.8 Å². The van der Waals surface area contributed by atoms with E-state index in [1.165, 1.54) is 0 Å². The largest absolute Gasteiger partial charge is 0.522 e. The van der Waals surface area contributed by atoms with Crippen LogP contribution in [0.1, 0.15) is 18.9 Å². The molecule has 1 rings (SSSR count). The number of nitrogens with zero attached hydrogens (tertiary/aromatic N) is 1. The lowest BCUT2D eigenvalue weighted by atomic mass is 10.2. The Morgan fingerprint density at radius 2 is 2.00 bits per heavy atom. The molecule has 0 aromatic heterocycles. The molecule has 0 saturated heterocycles. The zero-order valence-corrected chi connectivity index (χ0v) is 10.9. The first-order valence-electron chi connectivity index (χ1n) is 6.18. The van der Waals surface area contributed by atoms with E-state index in [0.29, 0.717) is 12.2 Å². The van der Waals surface area contributed by atoms with Crippen LogP contribution in [0.4, 0.5) is 18.9 Å². The van der Waals surface area contributed by atoms with Crippen molar-refractivity contribution in [3.05, 3.63) is 29.8 Å². The number of ether oxygens (including phenoxy) is 1. The van der Waals surface area contributed by atoms with E-state index in [9.17, 15) is 13.2 Å². The summed E-state index contributed by atoms with van der Waals surface area (Å²) in [5, 5.41) is 0. The standard InChI is InChI=1S/C13H19F3N2O/c1-2-6-18(7-8-19-13(14,15)16)10-11-4-3-5-12(17)9-11/h3-5,9H,2,6-8,10,17H2,1H3. The monoisotopic (exact) mass is 276 g/mol. The number of hydrogen-bond donors (Lipinski definition) is 1. The van der Waals surface area contributed by atoms with Gasteiger partial charge in [-0.2, -0.15) is 0 Å². The van der Waals surface area contributed by atoms with Crippen molar-refractivity contribution < 1.29 is 17.9 Å². The first kappa shape index (κ1) is 15.8. The van der Waals surface area contributed by atoms with Crippen molar-refractivity contribution >= 4 is 5.69 Å². The highest BCUT2D eigenvalue weighted by Gasteiger charge is 2.28. The van der Waals surface area contributed by atoms with E-state index in [1.807, 2.05) is 30.0 Å². The highest BCUT2D eigenvalue weighted by molar-refractivity contribution is 5.40. The first-order chi connectivity index (χ1) is 8.90. The average molecular weight is 276 g/mol. The summed E-state index contributed by atoms with van der Waals surface area (Å²) >= 11 is 0. The van der Waals surface area contributed by atoms with E-state index in [-0.39, 0.29) is 13.2 Å². The molecule has 1 aromatic carbocycles. The maximum absolute atomic E-state index is 11.9. The van der Waals surface area contributed by atoms with Gasteiger partial charge in [0.05, 0.1) is 6.61 Å². The van der Waals surface area contributed by atoms with Crippen LogP contribution in [0.15, 0.2) is 24.3 Å². The summed E-state index contributed by atoms with van der Waals surface area (Å²) in [4.78, 5) is 1.92. The van der Waals surface area contributed by atoms with Crippen molar-refractivity contribution in [1.29, 1.82) is 0 Å². The summed E-state index contributed by atoms with van der Waals surface area (Å²) in [5.74, 6) is 0. The van der Waals surface area contributed by atoms with Crippen molar-refractivity contribution in [2.45, 2.75) is 26.3 Å². The number of alkyl halides is 3. The Morgan fingerprint density at radius 1 is 1.26 bits per heavy atom. The molecule has 0 spiro atoms. The van der Waals surface area contributed by atoms with Crippen LogP contribution in [-0.4, -0.2) is 31.0 Å². The third-order valence-corrected chi connectivity index (χ3v) is 2.57. The van der Waals surface area contributed by atoms with Gasteiger partial charge in [0.25, 0.3) is 0 Å². The lowest BCUT2D eigenvalue weighted by Crippen LogP contribution is -2.30. The number of rotatable bonds is 7. The molecule has 0 amide bonds. The fourth-order valence-corrected chi connectivity index (χ4v) is 1.83. The Labute approximate surface area is 111 Å². The van der Waals surface area contributed by atoms with Crippen molar-refractivity contribution in [3.8, 4) is 0 Å². The maximum Gasteiger partial charge on any atom is 0.522 e. The van der Waals surface area contributed by atoms with E-state index in [1.54, 1.807) is 6.07 Å². The van der Waals surface area contributed by atoms with Gasteiger partial charge in [0.2, 0.25) is 0 Å². The van der Waals surface area contributed by atoms with Crippen molar-refractivity contribution in [2.24, 2.45) is 0 Å². The highest BCUT2D eigenvalue weighted by atomic mass is 19.4. The summed E-state index contributed by atoms with van der Waals surface area (Å²) in [5.41, 5.74) is 7.31. The Balaban J connectivity index is 2.48. The second-order valence-electron chi connectivity index (χ2n) is 4.32. The Morgan fingerprint density at radius 3 is 2.58 bits per heavy atom. The predicted octanol–water partition coefficient (Wildman–Crippen LogP) is 3.02. The van der Waals surface area contributed by atoms with Crippen LogP contribution in [0.25, 0.3) is 0 Å². The molecule has 3 nitrogen and oxygen atoms in total. The number of benzene rings is 1. The van der Waals surface area contributed by atoms with Gasteiger partial charge in [-0.3, -0.25) is 9.64 Å². The Kier molecular flexibility index (Phi) is 6.11. The first-order valence-corrected chi connectivity index (χ1v) is 6.18. The van der Waals surface area contributed by atoms with Crippen LogP contribution >= 0.6 is 0 Å². The van der Waals surface area contributed by atoms with E-state index in [0.717, 1.165) is 18.5 Å². The second-order valence-corrected chi connectivity index (χ2v) is 4.32. The summed E-state index contributed by atoms with van der Waals surface area (Å²) in [6.45, 7) is 3.15. The molecule has 0 aliphatic carbocycles. The number of halogens is 3. The molecule has 0 atom stereocenters. The van der Waals surface area contributed by atoms with Crippen molar-refractivity contribution in [1.82, 2.24) is 4.90 Å². The van der Waals surface area contributed by atoms with Gasteiger partial charge in [-0.15, -0.1) is 13.2 Å². The second kappa shape index (κ2) is 7.35. The molecule has 0 heterocycles. The van der Waals surface area contributed by atoms with Crippen molar-refractivity contribution in [3.63, 3.8) is 0 Å². The number of anilines is 1. The molecule has 19 heavy (non-hydrogen) atoms. The average Bonchev–Trinajstić information content (AvgIpc) is 2.27. The smallest absolute Gasteiger partial charge is 0.399 e. The van der Waals surface area contributed by atoms with Crippen LogP contribution in [0.5, 0.6) is 0 Å². The number of nitrogens with two attached hydrogens (primary N) is 1. The van der Waals surface area contributed by atoms with Gasteiger partial charge in [-0.05, 0) is 30.7 Å². The van der Waals surface area contributed by atoms with Crippen LogP contribution in [0, 0.1) is 0 Å². The zero-order chi connectivity index (χ0) is 14.3. The quantitative estimate of drug-likeness (QED) is 0.778. The third-order valence-electron chi connectivity index (χ3n) is 2.57. The van der Waals surface area contributed by atoms with E-state index in [4.69, 9.17) is 5.73 Å². The maximum atomic E-state index is 11.9. The minimum atomic E-state index is -4.56. The highest BCUT2D eigenvalue weighted by Crippen LogP contribution is 2.16. The molecule has 108 valence electrons. The summed E-state index contributed by atoms with van der Waals surface area (Å²) in [7, 11) is 0. The third kappa shape index (κ3) is 7.03. The minimum Gasteiger partial charge on any atom is -0.399 e. The van der Waals surface area contributed by atoms with Gasteiger partial charge in [-0.1, -0.05) is 19.1 Å². The van der Waals surface area contributed by atoms with Gasteiger partial charge >= 0.3 is 6.36 Å². The van der Waals surface area contributed by atoms with Gasteiger partial charge < -0.3 is 5.73 Å². The van der Waals surface area contributed by atoms with Crippen LogP contribution in [0.3, 0.4) is 0 Å². The summed E-state index contributed by atoms with van der Waals surface area (Å²) < 4.78 is 39.5. The van der Waals surface area contributed by atoms with Gasteiger partial charge in [-0.25, -0.2) is 0 Å². The lowest BCUT2D eigenvalue weighted by Gasteiger charge is -2.22. The van der Waals surface area contributed by atoms with Crippen LogP contribution < -0.4 is 5.73 Å². The number of nitrogen functional groups attached to an aromatic ring is 1. The fraction of sp³-hybridized carbons (Fsp3) is 0.538. The van der Waals surface area contributed by atoms with Crippen LogP contribution in [-0.2, 0) is 11.3 Å². The summed E-state index contributed by atoms with van der Waals surface area (Å²) in [6, 6.07) is 7.35. The lowest BCUT2D eigenvalue weighted by molar-refractivity contribution is -0.325. The molecule has 1 aromatic rings. The topological polar surface area (TPSA) is 38.5 Å². The molecule has 0 aliphatic heterocycles. The minimum absolute atomic E-state index is 0.238. The van der Waals surface area contributed by atoms with Crippen molar-refractivity contribution in [2.75, 3.05) is 25.4 Å². The molecular formula is C13H19F3N2O.